The number of nitriles is 1. The number of carboxylic acids is 1. The summed E-state index contributed by atoms with van der Waals surface area (Å²) in [6.45, 7) is 5.09. The van der Waals surface area contributed by atoms with Crippen LogP contribution in [-0.2, 0) is 4.79 Å². The first kappa shape index (κ1) is 15.7. The fourth-order valence-corrected chi connectivity index (χ4v) is 3.09. The maximum Gasteiger partial charge on any atom is 0.309 e. The summed E-state index contributed by atoms with van der Waals surface area (Å²) in [5.74, 6) is -0.685. The summed E-state index contributed by atoms with van der Waals surface area (Å²) in [7, 11) is 0. The van der Waals surface area contributed by atoms with Gasteiger partial charge < -0.3 is 10.0 Å². The second kappa shape index (κ2) is 5.95. The van der Waals surface area contributed by atoms with Gasteiger partial charge in [0.2, 0.25) is 0 Å². The Hall–Kier alpha value is -1.73. The van der Waals surface area contributed by atoms with Gasteiger partial charge in [0.25, 0.3) is 0 Å². The number of halogens is 1. The molecule has 1 aliphatic heterocycles. The Labute approximate surface area is 129 Å². The second-order valence-electron chi connectivity index (χ2n) is 6.09. The molecule has 2 rings (SSSR count). The molecule has 1 heterocycles. The molecule has 1 atom stereocenters. The van der Waals surface area contributed by atoms with Gasteiger partial charge in [-0.2, -0.15) is 5.26 Å². The highest BCUT2D eigenvalue weighted by molar-refractivity contribution is 6.33. The fourth-order valence-electron chi connectivity index (χ4n) is 2.79. The van der Waals surface area contributed by atoms with E-state index in [9.17, 15) is 9.90 Å². The van der Waals surface area contributed by atoms with E-state index in [2.05, 4.69) is 11.0 Å². The van der Waals surface area contributed by atoms with E-state index in [1.165, 1.54) is 0 Å². The molecule has 0 saturated carbocycles. The summed E-state index contributed by atoms with van der Waals surface area (Å²) in [6, 6.07) is 7.31. The van der Waals surface area contributed by atoms with Gasteiger partial charge in [0, 0.05) is 13.1 Å². The SMILES string of the molecule is CC(C)(C(=O)O)C1CCCN(c2ccc(C#N)cc2Cl)C1. The first-order valence-electron chi connectivity index (χ1n) is 7.04. The Morgan fingerprint density at radius 3 is 2.81 bits per heavy atom. The molecule has 0 spiro atoms. The Morgan fingerprint density at radius 2 is 2.24 bits per heavy atom. The minimum atomic E-state index is -0.764. The van der Waals surface area contributed by atoms with Gasteiger partial charge in [0.15, 0.2) is 0 Å². The molecular weight excluding hydrogens is 288 g/mol. The van der Waals surface area contributed by atoms with Crippen molar-refractivity contribution in [1.29, 1.82) is 5.26 Å². The molecule has 0 aromatic heterocycles. The third kappa shape index (κ3) is 3.14. The van der Waals surface area contributed by atoms with Crippen molar-refractivity contribution >= 4 is 23.3 Å². The lowest BCUT2D eigenvalue weighted by Gasteiger charge is -2.40. The highest BCUT2D eigenvalue weighted by atomic mass is 35.5. The van der Waals surface area contributed by atoms with E-state index in [4.69, 9.17) is 16.9 Å². The van der Waals surface area contributed by atoms with Crippen molar-refractivity contribution in [2.75, 3.05) is 18.0 Å². The maximum absolute atomic E-state index is 11.4. The summed E-state index contributed by atoms with van der Waals surface area (Å²) in [5.41, 5.74) is 0.655. The Morgan fingerprint density at radius 1 is 1.52 bits per heavy atom. The van der Waals surface area contributed by atoms with Crippen molar-refractivity contribution in [3.8, 4) is 6.07 Å². The number of hydrogen-bond acceptors (Lipinski definition) is 3. The molecule has 1 saturated heterocycles. The van der Waals surface area contributed by atoms with Crippen molar-refractivity contribution in [2.24, 2.45) is 11.3 Å². The third-order valence-electron chi connectivity index (χ3n) is 4.41. The molecule has 112 valence electrons. The molecule has 1 unspecified atom stereocenters. The molecule has 0 bridgehead atoms. The monoisotopic (exact) mass is 306 g/mol. The standard InChI is InChI=1S/C16H19ClN2O2/c1-16(2,15(20)21)12-4-3-7-19(10-12)14-6-5-11(9-18)8-13(14)17/h5-6,8,12H,3-4,7,10H2,1-2H3,(H,20,21). The van der Waals surface area contributed by atoms with E-state index in [1.807, 2.05) is 6.07 Å². The molecule has 21 heavy (non-hydrogen) atoms. The number of nitrogens with zero attached hydrogens (tertiary/aromatic N) is 2. The van der Waals surface area contributed by atoms with E-state index >= 15 is 0 Å². The molecule has 0 amide bonds. The van der Waals surface area contributed by atoms with Crippen molar-refractivity contribution in [2.45, 2.75) is 26.7 Å². The quantitative estimate of drug-likeness (QED) is 0.927. The lowest BCUT2D eigenvalue weighted by molar-refractivity contribution is -0.150. The predicted molar refractivity (Wildman–Crippen MR) is 82.5 cm³/mol. The van der Waals surface area contributed by atoms with Crippen LogP contribution in [0.4, 0.5) is 5.69 Å². The van der Waals surface area contributed by atoms with E-state index in [1.54, 1.807) is 26.0 Å². The van der Waals surface area contributed by atoms with Crippen LogP contribution in [0.25, 0.3) is 0 Å². The number of hydrogen-bond donors (Lipinski definition) is 1. The van der Waals surface area contributed by atoms with Crippen molar-refractivity contribution in [3.05, 3.63) is 28.8 Å². The van der Waals surface area contributed by atoms with E-state index in [0.717, 1.165) is 25.1 Å². The maximum atomic E-state index is 11.4. The second-order valence-corrected chi connectivity index (χ2v) is 6.50. The van der Waals surface area contributed by atoms with Gasteiger partial charge in [-0.3, -0.25) is 4.79 Å². The smallest absolute Gasteiger partial charge is 0.309 e. The molecule has 0 aliphatic carbocycles. The van der Waals surface area contributed by atoms with Crippen LogP contribution in [0.15, 0.2) is 18.2 Å². The summed E-state index contributed by atoms with van der Waals surface area (Å²) < 4.78 is 0. The lowest BCUT2D eigenvalue weighted by Crippen LogP contribution is -2.44. The molecule has 4 nitrogen and oxygen atoms in total. The molecule has 1 fully saturated rings. The first-order valence-corrected chi connectivity index (χ1v) is 7.42. The summed E-state index contributed by atoms with van der Waals surface area (Å²) in [6.07, 6.45) is 1.85. The zero-order chi connectivity index (χ0) is 15.6. The Balaban J connectivity index is 2.22. The van der Waals surface area contributed by atoms with Crippen LogP contribution in [0.1, 0.15) is 32.3 Å². The van der Waals surface area contributed by atoms with Gasteiger partial charge in [-0.25, -0.2) is 0 Å². The number of benzene rings is 1. The number of carboxylic acid groups (broad SMARTS) is 1. The number of anilines is 1. The summed E-state index contributed by atoms with van der Waals surface area (Å²) in [4.78, 5) is 13.6. The van der Waals surface area contributed by atoms with Crippen LogP contribution in [0.5, 0.6) is 0 Å². The normalized spacial score (nSPS) is 19.1. The molecule has 1 aromatic carbocycles. The molecule has 1 aliphatic rings. The van der Waals surface area contributed by atoms with Crippen molar-refractivity contribution in [1.82, 2.24) is 0 Å². The topological polar surface area (TPSA) is 64.3 Å². The highest BCUT2D eigenvalue weighted by Gasteiger charge is 2.39. The largest absolute Gasteiger partial charge is 0.481 e. The van der Waals surface area contributed by atoms with Gasteiger partial charge in [-0.15, -0.1) is 0 Å². The van der Waals surface area contributed by atoms with Gasteiger partial charge in [0.05, 0.1) is 27.8 Å². The number of aliphatic carboxylic acids is 1. The van der Waals surface area contributed by atoms with Gasteiger partial charge >= 0.3 is 5.97 Å². The molecule has 0 radical (unpaired) electrons. The fraction of sp³-hybridized carbons (Fsp3) is 0.500. The average molecular weight is 307 g/mol. The minimum absolute atomic E-state index is 0.0791. The average Bonchev–Trinajstić information content (AvgIpc) is 2.47. The molecular formula is C16H19ClN2O2. The van der Waals surface area contributed by atoms with E-state index < -0.39 is 11.4 Å². The molecule has 1 N–H and O–H groups in total. The third-order valence-corrected chi connectivity index (χ3v) is 4.71. The number of piperidine rings is 1. The summed E-state index contributed by atoms with van der Waals surface area (Å²) in [5, 5.41) is 18.8. The Bertz CT molecular complexity index is 592. The van der Waals surface area contributed by atoms with Crippen LogP contribution in [-0.4, -0.2) is 24.2 Å². The molecule has 5 heteroatoms. The lowest BCUT2D eigenvalue weighted by atomic mass is 9.74. The van der Waals surface area contributed by atoms with Crippen LogP contribution in [0, 0.1) is 22.7 Å². The van der Waals surface area contributed by atoms with Crippen molar-refractivity contribution in [3.63, 3.8) is 0 Å². The van der Waals surface area contributed by atoms with E-state index in [-0.39, 0.29) is 5.92 Å². The van der Waals surface area contributed by atoms with Crippen LogP contribution in [0.2, 0.25) is 5.02 Å². The van der Waals surface area contributed by atoms with Crippen LogP contribution in [0.3, 0.4) is 0 Å². The van der Waals surface area contributed by atoms with Gasteiger partial charge in [0.1, 0.15) is 0 Å². The van der Waals surface area contributed by atoms with Crippen molar-refractivity contribution < 1.29 is 9.90 Å². The first-order chi connectivity index (χ1) is 9.86. The minimum Gasteiger partial charge on any atom is -0.481 e. The number of rotatable bonds is 3. The zero-order valence-corrected chi connectivity index (χ0v) is 13.0. The van der Waals surface area contributed by atoms with Crippen LogP contribution >= 0.6 is 11.6 Å². The predicted octanol–water partition coefficient (Wildman–Crippen LogP) is 3.54. The molecule has 1 aromatic rings. The van der Waals surface area contributed by atoms with Crippen LogP contribution < -0.4 is 4.90 Å². The van der Waals surface area contributed by atoms with E-state index in [0.29, 0.717) is 17.1 Å². The highest BCUT2D eigenvalue weighted by Crippen LogP contribution is 2.37. The van der Waals surface area contributed by atoms with Gasteiger partial charge in [-0.05, 0) is 50.8 Å². The van der Waals surface area contributed by atoms with Gasteiger partial charge in [-0.1, -0.05) is 11.6 Å². The zero-order valence-electron chi connectivity index (χ0n) is 12.3. The summed E-state index contributed by atoms with van der Waals surface area (Å²) >= 11 is 6.26. The Kier molecular flexibility index (Phi) is 4.43. The number of carbonyl (C=O) groups is 1.